The molecule has 0 bridgehead atoms. The highest BCUT2D eigenvalue weighted by molar-refractivity contribution is 5.83. The van der Waals surface area contributed by atoms with Crippen molar-refractivity contribution in [1.82, 2.24) is 0 Å². The number of hydrogen-bond donors (Lipinski definition) is 1. The Morgan fingerprint density at radius 2 is 2.10 bits per heavy atom. The van der Waals surface area contributed by atoms with Gasteiger partial charge in [0.05, 0.1) is 6.61 Å². The average molecular weight is 289 g/mol. The molecule has 3 nitrogen and oxygen atoms in total. The fraction of sp³-hybridized carbons (Fsp3) is 0.611. The summed E-state index contributed by atoms with van der Waals surface area (Å²) in [4.78, 5) is 12.7. The first-order chi connectivity index (χ1) is 10.1. The van der Waals surface area contributed by atoms with E-state index in [2.05, 4.69) is 6.07 Å². The predicted molar refractivity (Wildman–Crippen MR) is 85.1 cm³/mol. The van der Waals surface area contributed by atoms with Gasteiger partial charge in [-0.2, -0.15) is 0 Å². The van der Waals surface area contributed by atoms with Crippen molar-refractivity contribution in [3.8, 4) is 0 Å². The van der Waals surface area contributed by atoms with Gasteiger partial charge in [-0.1, -0.05) is 55.5 Å². The fourth-order valence-corrected chi connectivity index (χ4v) is 3.52. The summed E-state index contributed by atoms with van der Waals surface area (Å²) in [6.45, 7) is 4.61. The van der Waals surface area contributed by atoms with Gasteiger partial charge in [0.15, 0.2) is 0 Å². The standard InChI is InChI=1S/C18H27NO2/c1-3-21-17(20)18(13-19,12-15-8-4-5-9-15)16-10-6-7-14(2)11-16/h6-7,10-11,15H,3-5,8-9,12-13,19H2,1-2H3. The van der Waals surface area contributed by atoms with Gasteiger partial charge in [-0.25, -0.2) is 0 Å². The van der Waals surface area contributed by atoms with Crippen LogP contribution < -0.4 is 5.73 Å². The van der Waals surface area contributed by atoms with Crippen LogP contribution in [0.1, 0.15) is 50.2 Å². The highest BCUT2D eigenvalue weighted by atomic mass is 16.5. The van der Waals surface area contributed by atoms with Gasteiger partial charge in [-0.05, 0) is 31.7 Å². The molecule has 3 heteroatoms. The summed E-state index contributed by atoms with van der Waals surface area (Å²) in [5, 5.41) is 0. The number of benzene rings is 1. The zero-order chi connectivity index (χ0) is 15.3. The topological polar surface area (TPSA) is 52.3 Å². The Bertz CT molecular complexity index is 480. The maximum absolute atomic E-state index is 12.7. The second-order valence-electron chi connectivity index (χ2n) is 6.23. The van der Waals surface area contributed by atoms with Crippen LogP contribution in [0.3, 0.4) is 0 Å². The zero-order valence-electron chi connectivity index (χ0n) is 13.2. The lowest BCUT2D eigenvalue weighted by molar-refractivity contribution is -0.150. The Kier molecular flexibility index (Phi) is 5.40. The lowest BCUT2D eigenvalue weighted by atomic mass is 9.73. The third kappa shape index (κ3) is 3.46. The highest BCUT2D eigenvalue weighted by Crippen LogP contribution is 2.39. The van der Waals surface area contributed by atoms with E-state index < -0.39 is 5.41 Å². The van der Waals surface area contributed by atoms with Gasteiger partial charge in [0.2, 0.25) is 0 Å². The van der Waals surface area contributed by atoms with E-state index in [9.17, 15) is 4.79 Å². The number of carbonyl (C=O) groups is 1. The van der Waals surface area contributed by atoms with Crippen molar-refractivity contribution in [2.75, 3.05) is 13.2 Å². The molecule has 1 unspecified atom stereocenters. The van der Waals surface area contributed by atoms with Crippen molar-refractivity contribution >= 4 is 5.97 Å². The SMILES string of the molecule is CCOC(=O)C(CN)(CC1CCCC1)c1cccc(C)c1. The molecule has 0 heterocycles. The second-order valence-corrected chi connectivity index (χ2v) is 6.23. The number of rotatable bonds is 6. The van der Waals surface area contributed by atoms with Crippen LogP contribution in [0.2, 0.25) is 0 Å². The molecule has 0 aliphatic heterocycles. The first-order valence-electron chi connectivity index (χ1n) is 8.07. The third-order valence-corrected chi connectivity index (χ3v) is 4.70. The molecule has 1 aromatic carbocycles. The maximum atomic E-state index is 12.7. The first-order valence-corrected chi connectivity index (χ1v) is 8.07. The average Bonchev–Trinajstić information content (AvgIpc) is 2.98. The summed E-state index contributed by atoms with van der Waals surface area (Å²) in [7, 11) is 0. The molecule has 0 spiro atoms. The molecular formula is C18H27NO2. The van der Waals surface area contributed by atoms with Gasteiger partial charge in [0, 0.05) is 6.54 Å². The Morgan fingerprint density at radius 1 is 1.38 bits per heavy atom. The van der Waals surface area contributed by atoms with Gasteiger partial charge in [0.1, 0.15) is 5.41 Å². The van der Waals surface area contributed by atoms with Crippen LogP contribution in [0.5, 0.6) is 0 Å². The summed E-state index contributed by atoms with van der Waals surface area (Å²) in [5.41, 5.74) is 7.58. The molecule has 1 saturated carbocycles. The Hall–Kier alpha value is -1.35. The molecule has 0 radical (unpaired) electrons. The molecule has 2 rings (SSSR count). The van der Waals surface area contributed by atoms with E-state index in [-0.39, 0.29) is 5.97 Å². The summed E-state index contributed by atoms with van der Waals surface area (Å²) >= 11 is 0. The molecule has 116 valence electrons. The number of esters is 1. The lowest BCUT2D eigenvalue weighted by Crippen LogP contribution is -2.45. The van der Waals surface area contributed by atoms with Gasteiger partial charge in [-0.15, -0.1) is 0 Å². The number of carbonyl (C=O) groups excluding carboxylic acids is 1. The Balaban J connectivity index is 2.37. The minimum Gasteiger partial charge on any atom is -0.465 e. The molecule has 0 aromatic heterocycles. The van der Waals surface area contributed by atoms with Gasteiger partial charge in [-0.3, -0.25) is 4.79 Å². The zero-order valence-corrected chi connectivity index (χ0v) is 13.2. The van der Waals surface area contributed by atoms with Crippen LogP contribution in [0.4, 0.5) is 0 Å². The van der Waals surface area contributed by atoms with Crippen molar-refractivity contribution < 1.29 is 9.53 Å². The van der Waals surface area contributed by atoms with E-state index in [4.69, 9.17) is 10.5 Å². The van der Waals surface area contributed by atoms with Crippen LogP contribution in [0.25, 0.3) is 0 Å². The Labute approximate surface area is 127 Å². The van der Waals surface area contributed by atoms with Crippen LogP contribution in [-0.4, -0.2) is 19.1 Å². The minimum atomic E-state index is -0.683. The van der Waals surface area contributed by atoms with E-state index in [0.717, 1.165) is 17.5 Å². The molecule has 0 amide bonds. The van der Waals surface area contributed by atoms with Crippen molar-refractivity contribution in [1.29, 1.82) is 0 Å². The quantitative estimate of drug-likeness (QED) is 0.817. The van der Waals surface area contributed by atoms with Crippen LogP contribution >= 0.6 is 0 Å². The largest absolute Gasteiger partial charge is 0.465 e. The van der Waals surface area contributed by atoms with Gasteiger partial charge in [0.25, 0.3) is 0 Å². The third-order valence-electron chi connectivity index (χ3n) is 4.70. The van der Waals surface area contributed by atoms with E-state index in [1.165, 1.54) is 25.7 Å². The molecule has 1 atom stereocenters. The second kappa shape index (κ2) is 7.08. The van der Waals surface area contributed by atoms with Crippen molar-refractivity contribution in [2.45, 2.75) is 51.4 Å². The fourth-order valence-electron chi connectivity index (χ4n) is 3.52. The van der Waals surface area contributed by atoms with Gasteiger partial charge < -0.3 is 10.5 Å². The first kappa shape index (κ1) is 16.0. The monoisotopic (exact) mass is 289 g/mol. The number of nitrogens with two attached hydrogens (primary N) is 1. The van der Waals surface area contributed by atoms with E-state index in [0.29, 0.717) is 19.1 Å². The molecular weight excluding hydrogens is 262 g/mol. The van der Waals surface area contributed by atoms with E-state index in [1.54, 1.807) is 0 Å². The number of ether oxygens (including phenoxy) is 1. The molecule has 1 fully saturated rings. The van der Waals surface area contributed by atoms with Gasteiger partial charge >= 0.3 is 5.97 Å². The number of aryl methyl sites for hydroxylation is 1. The summed E-state index contributed by atoms with van der Waals surface area (Å²) < 4.78 is 5.38. The van der Waals surface area contributed by atoms with Crippen LogP contribution in [0, 0.1) is 12.8 Å². The normalized spacial score (nSPS) is 18.4. The Morgan fingerprint density at radius 3 is 2.67 bits per heavy atom. The van der Waals surface area contributed by atoms with Crippen molar-refractivity contribution in [3.05, 3.63) is 35.4 Å². The molecule has 21 heavy (non-hydrogen) atoms. The van der Waals surface area contributed by atoms with Crippen LogP contribution in [-0.2, 0) is 14.9 Å². The van der Waals surface area contributed by atoms with Crippen LogP contribution in [0.15, 0.2) is 24.3 Å². The minimum absolute atomic E-state index is 0.162. The summed E-state index contributed by atoms with van der Waals surface area (Å²) in [5.74, 6) is 0.420. The molecule has 2 N–H and O–H groups in total. The lowest BCUT2D eigenvalue weighted by Gasteiger charge is -2.33. The summed E-state index contributed by atoms with van der Waals surface area (Å²) in [6, 6.07) is 8.15. The molecule has 1 aliphatic carbocycles. The summed E-state index contributed by atoms with van der Waals surface area (Å²) in [6.07, 6.45) is 5.75. The maximum Gasteiger partial charge on any atom is 0.317 e. The smallest absolute Gasteiger partial charge is 0.317 e. The number of hydrogen-bond acceptors (Lipinski definition) is 3. The predicted octanol–water partition coefficient (Wildman–Crippen LogP) is 3.33. The van der Waals surface area contributed by atoms with E-state index in [1.807, 2.05) is 32.0 Å². The molecule has 1 aromatic rings. The van der Waals surface area contributed by atoms with Crippen molar-refractivity contribution in [2.24, 2.45) is 11.7 Å². The van der Waals surface area contributed by atoms with E-state index >= 15 is 0 Å². The highest BCUT2D eigenvalue weighted by Gasteiger charge is 2.42. The van der Waals surface area contributed by atoms with Crippen molar-refractivity contribution in [3.63, 3.8) is 0 Å². The molecule has 0 saturated heterocycles. The molecule has 1 aliphatic rings.